The summed E-state index contributed by atoms with van der Waals surface area (Å²) in [6.07, 6.45) is 1.90. The minimum absolute atomic E-state index is 0.169. The van der Waals surface area contributed by atoms with Gasteiger partial charge in [0.05, 0.1) is 0 Å². The Morgan fingerprint density at radius 2 is 1.18 bits per heavy atom. The van der Waals surface area contributed by atoms with Gasteiger partial charge in [0.2, 0.25) is 0 Å². The third kappa shape index (κ3) is 11.0. The molecule has 0 bridgehead atoms. The molecule has 17 heavy (non-hydrogen) atoms. The highest BCUT2D eigenvalue weighted by molar-refractivity contribution is 5.28. The second-order valence-corrected chi connectivity index (χ2v) is 3.41. The van der Waals surface area contributed by atoms with Gasteiger partial charge < -0.3 is 26.4 Å². The van der Waals surface area contributed by atoms with Gasteiger partial charge in [-0.3, -0.25) is 0 Å². The molecule has 0 fully saturated rings. The molecular weight excluding hydrogens is 220 g/mol. The summed E-state index contributed by atoms with van der Waals surface area (Å²) in [5.41, 5.74) is 10.5. The van der Waals surface area contributed by atoms with Gasteiger partial charge in [0.15, 0.2) is 0 Å². The molecule has 0 amide bonds. The first-order valence-corrected chi connectivity index (χ1v) is 5.66. The van der Waals surface area contributed by atoms with Crippen LogP contribution in [0.1, 0.15) is 12.8 Å². The summed E-state index contributed by atoms with van der Waals surface area (Å²) in [5, 5.41) is 17.3. The fraction of sp³-hybridized carbons (Fsp3) is 0.500. The van der Waals surface area contributed by atoms with E-state index in [4.69, 9.17) is 26.4 Å². The second-order valence-electron chi connectivity index (χ2n) is 3.41. The Bertz CT molecular complexity index is 238. The highest BCUT2D eigenvalue weighted by atomic mass is 16.5. The Hall–Kier alpha value is -1.30. The Balaban J connectivity index is 0.000000302. The minimum Gasteiger partial charge on any atom is -0.508 e. The van der Waals surface area contributed by atoms with Crippen molar-refractivity contribution in [2.24, 2.45) is 11.5 Å². The topological polar surface area (TPSA) is 102 Å². The van der Waals surface area contributed by atoms with E-state index < -0.39 is 0 Å². The molecule has 0 saturated carbocycles. The van der Waals surface area contributed by atoms with E-state index in [1.807, 2.05) is 0 Å². The van der Waals surface area contributed by atoms with Gasteiger partial charge in [-0.1, -0.05) is 0 Å². The first-order chi connectivity index (χ1) is 8.20. The van der Waals surface area contributed by atoms with Crippen LogP contribution in [-0.4, -0.2) is 36.5 Å². The zero-order valence-corrected chi connectivity index (χ0v) is 10.0. The van der Waals surface area contributed by atoms with Crippen molar-refractivity contribution in [3.8, 4) is 11.5 Å². The lowest BCUT2D eigenvalue weighted by atomic mass is 10.3. The Kier molecular flexibility index (Phi) is 10.3. The van der Waals surface area contributed by atoms with E-state index >= 15 is 0 Å². The monoisotopic (exact) mass is 242 g/mol. The van der Waals surface area contributed by atoms with Crippen molar-refractivity contribution >= 4 is 0 Å². The van der Waals surface area contributed by atoms with Crippen LogP contribution in [-0.2, 0) is 4.74 Å². The molecule has 98 valence electrons. The lowest BCUT2D eigenvalue weighted by Crippen LogP contribution is -2.08. The summed E-state index contributed by atoms with van der Waals surface area (Å²) in [6, 6.07) is 5.70. The molecule has 6 N–H and O–H groups in total. The standard InChI is InChI=1S/C6H16N2O.C6H6O2/c7-3-1-5-9-6-2-4-8;7-5-1-2-6(8)4-3-5/h1-8H2;1-4,7-8H. The van der Waals surface area contributed by atoms with Crippen LogP contribution in [0.15, 0.2) is 24.3 Å². The Morgan fingerprint density at radius 3 is 1.47 bits per heavy atom. The third-order valence-electron chi connectivity index (χ3n) is 1.84. The maximum absolute atomic E-state index is 8.65. The van der Waals surface area contributed by atoms with E-state index in [1.165, 1.54) is 24.3 Å². The summed E-state index contributed by atoms with van der Waals surface area (Å²) >= 11 is 0. The van der Waals surface area contributed by atoms with Gasteiger partial charge in [0.1, 0.15) is 11.5 Å². The molecular formula is C12H22N2O3. The molecule has 0 aliphatic carbocycles. The van der Waals surface area contributed by atoms with E-state index in [0.29, 0.717) is 13.1 Å². The average Bonchev–Trinajstić information content (AvgIpc) is 2.34. The summed E-state index contributed by atoms with van der Waals surface area (Å²) in [7, 11) is 0. The highest BCUT2D eigenvalue weighted by Crippen LogP contribution is 2.13. The smallest absolute Gasteiger partial charge is 0.115 e. The molecule has 1 aromatic carbocycles. The number of benzene rings is 1. The first kappa shape index (κ1) is 15.7. The zero-order valence-electron chi connectivity index (χ0n) is 10.0. The van der Waals surface area contributed by atoms with Gasteiger partial charge in [-0.2, -0.15) is 0 Å². The van der Waals surface area contributed by atoms with Gasteiger partial charge in [0, 0.05) is 13.2 Å². The number of nitrogens with two attached hydrogens (primary N) is 2. The maximum Gasteiger partial charge on any atom is 0.115 e. The molecule has 0 unspecified atom stereocenters. The van der Waals surface area contributed by atoms with Gasteiger partial charge in [-0.05, 0) is 50.2 Å². The number of ether oxygens (including phenoxy) is 1. The third-order valence-corrected chi connectivity index (χ3v) is 1.84. The van der Waals surface area contributed by atoms with Crippen molar-refractivity contribution in [3.05, 3.63) is 24.3 Å². The van der Waals surface area contributed by atoms with E-state index in [0.717, 1.165) is 26.1 Å². The lowest BCUT2D eigenvalue weighted by molar-refractivity contribution is 0.132. The number of aromatic hydroxyl groups is 2. The molecule has 1 aromatic rings. The number of phenolic OH excluding ortho intramolecular Hbond substituents is 2. The predicted molar refractivity (Wildman–Crippen MR) is 67.9 cm³/mol. The van der Waals surface area contributed by atoms with Crippen LogP contribution in [0, 0.1) is 0 Å². The second kappa shape index (κ2) is 11.2. The largest absolute Gasteiger partial charge is 0.508 e. The molecule has 0 spiro atoms. The van der Waals surface area contributed by atoms with Gasteiger partial charge >= 0.3 is 0 Å². The van der Waals surface area contributed by atoms with Crippen molar-refractivity contribution in [2.75, 3.05) is 26.3 Å². The maximum atomic E-state index is 8.65. The quantitative estimate of drug-likeness (QED) is 0.436. The van der Waals surface area contributed by atoms with Crippen LogP contribution in [0.2, 0.25) is 0 Å². The summed E-state index contributed by atoms with van der Waals surface area (Å²) in [5.74, 6) is 0.339. The molecule has 0 aliphatic heterocycles. The van der Waals surface area contributed by atoms with Crippen molar-refractivity contribution in [2.45, 2.75) is 12.8 Å². The van der Waals surface area contributed by atoms with E-state index in [1.54, 1.807) is 0 Å². The van der Waals surface area contributed by atoms with E-state index in [9.17, 15) is 0 Å². The fourth-order valence-corrected chi connectivity index (χ4v) is 0.925. The Morgan fingerprint density at radius 1 is 0.824 bits per heavy atom. The van der Waals surface area contributed by atoms with Crippen LogP contribution >= 0.6 is 0 Å². The van der Waals surface area contributed by atoms with Crippen LogP contribution in [0.5, 0.6) is 11.5 Å². The number of hydrogen-bond donors (Lipinski definition) is 4. The van der Waals surface area contributed by atoms with Gasteiger partial charge in [-0.15, -0.1) is 0 Å². The molecule has 0 radical (unpaired) electrons. The predicted octanol–water partition coefficient (Wildman–Crippen LogP) is 0.798. The normalized spacial score (nSPS) is 9.53. The van der Waals surface area contributed by atoms with Crippen molar-refractivity contribution in [1.29, 1.82) is 0 Å². The van der Waals surface area contributed by atoms with Crippen LogP contribution in [0.3, 0.4) is 0 Å². The molecule has 0 aromatic heterocycles. The van der Waals surface area contributed by atoms with Crippen molar-refractivity contribution in [1.82, 2.24) is 0 Å². The first-order valence-electron chi connectivity index (χ1n) is 5.66. The molecule has 0 heterocycles. The summed E-state index contributed by atoms with van der Waals surface area (Å²) in [6.45, 7) is 2.97. The van der Waals surface area contributed by atoms with Crippen LogP contribution in [0.4, 0.5) is 0 Å². The van der Waals surface area contributed by atoms with Crippen molar-refractivity contribution in [3.63, 3.8) is 0 Å². The molecule has 5 nitrogen and oxygen atoms in total. The van der Waals surface area contributed by atoms with Gasteiger partial charge in [-0.25, -0.2) is 0 Å². The molecule has 0 aliphatic rings. The van der Waals surface area contributed by atoms with Gasteiger partial charge in [0.25, 0.3) is 0 Å². The molecule has 0 atom stereocenters. The van der Waals surface area contributed by atoms with Crippen LogP contribution < -0.4 is 11.5 Å². The summed E-state index contributed by atoms with van der Waals surface area (Å²) in [4.78, 5) is 0. The highest BCUT2D eigenvalue weighted by Gasteiger charge is 1.85. The molecule has 5 heteroatoms. The average molecular weight is 242 g/mol. The fourth-order valence-electron chi connectivity index (χ4n) is 0.925. The SMILES string of the molecule is NCCCOCCCN.Oc1ccc(O)cc1. The number of rotatable bonds is 6. The molecule has 1 rings (SSSR count). The zero-order chi connectivity index (χ0) is 12.9. The van der Waals surface area contributed by atoms with E-state index in [-0.39, 0.29) is 11.5 Å². The number of phenols is 2. The molecule has 0 saturated heterocycles. The van der Waals surface area contributed by atoms with Crippen LogP contribution in [0.25, 0.3) is 0 Å². The minimum atomic E-state index is 0.169. The lowest BCUT2D eigenvalue weighted by Gasteiger charge is -1.99. The summed E-state index contributed by atoms with van der Waals surface area (Å²) < 4.78 is 5.15. The Labute approximate surface area is 102 Å². The van der Waals surface area contributed by atoms with E-state index in [2.05, 4.69) is 0 Å². The number of hydrogen-bond acceptors (Lipinski definition) is 5. The van der Waals surface area contributed by atoms with Crippen molar-refractivity contribution < 1.29 is 14.9 Å².